The Labute approximate surface area is 173 Å². The van der Waals surface area contributed by atoms with Crippen LogP contribution in [0.2, 0.25) is 0 Å². The maximum absolute atomic E-state index is 6.24. The van der Waals surface area contributed by atoms with Gasteiger partial charge in [0.1, 0.15) is 0 Å². The van der Waals surface area contributed by atoms with E-state index in [2.05, 4.69) is 0 Å². The maximum atomic E-state index is 6.24. The van der Waals surface area contributed by atoms with Gasteiger partial charge < -0.3 is 0 Å². The molecule has 0 N–H and O–H groups in total. The molecule has 0 saturated carbocycles. The van der Waals surface area contributed by atoms with Crippen molar-refractivity contribution < 1.29 is 33.3 Å². The van der Waals surface area contributed by atoms with Gasteiger partial charge in [-0.25, -0.2) is 0 Å². The van der Waals surface area contributed by atoms with Crippen LogP contribution in [-0.4, -0.2) is 6.61 Å². The van der Waals surface area contributed by atoms with Crippen molar-refractivity contribution in [1.29, 1.82) is 0 Å². The Morgan fingerprint density at radius 3 is 1.11 bits per heavy atom. The standard InChI is InChI=1S/3C7H7O.C2H5O.Zr/c3*8-6-7-4-2-1-3-5-7;1-2-3;/h3*1-5H,6H2;2H2,1H3;/q4*-1;+4. The van der Waals surface area contributed by atoms with Crippen LogP contribution in [0, 0.1) is 0 Å². The van der Waals surface area contributed by atoms with Crippen LogP contribution < -0.4 is 0 Å². The molecule has 3 rings (SSSR count). The molecule has 0 aliphatic carbocycles. The first-order valence-corrected chi connectivity index (χ1v) is 13.5. The monoisotopic (exact) mass is 456 g/mol. The number of rotatable bonds is 11. The number of benzene rings is 3. The van der Waals surface area contributed by atoms with Gasteiger partial charge in [0, 0.05) is 0 Å². The molecule has 0 saturated heterocycles. The van der Waals surface area contributed by atoms with Crippen LogP contribution in [-0.2, 0) is 53.1 Å². The molecule has 0 aliphatic heterocycles. The molecular formula is C23H26O4Zr. The Balaban J connectivity index is 1.73. The average molecular weight is 458 g/mol. The first-order chi connectivity index (χ1) is 13.8. The van der Waals surface area contributed by atoms with Crippen LogP contribution in [0.1, 0.15) is 23.6 Å². The fourth-order valence-electron chi connectivity index (χ4n) is 2.66. The second-order valence-electron chi connectivity index (χ2n) is 6.26. The van der Waals surface area contributed by atoms with Gasteiger partial charge in [0.15, 0.2) is 0 Å². The van der Waals surface area contributed by atoms with E-state index in [-0.39, 0.29) is 0 Å². The molecule has 4 nitrogen and oxygen atoms in total. The van der Waals surface area contributed by atoms with E-state index in [0.717, 1.165) is 16.7 Å². The van der Waals surface area contributed by atoms with Crippen molar-refractivity contribution in [2.45, 2.75) is 26.7 Å². The molecule has 0 heterocycles. The molecule has 0 fully saturated rings. The Kier molecular flexibility index (Phi) is 8.59. The summed E-state index contributed by atoms with van der Waals surface area (Å²) in [5.41, 5.74) is 3.19. The summed E-state index contributed by atoms with van der Waals surface area (Å²) in [6.45, 7) is 3.63. The zero-order valence-corrected chi connectivity index (χ0v) is 18.6. The Morgan fingerprint density at radius 1 is 0.500 bits per heavy atom. The van der Waals surface area contributed by atoms with Gasteiger partial charge in [-0.2, -0.15) is 0 Å². The number of hydrogen-bond donors (Lipinski definition) is 0. The van der Waals surface area contributed by atoms with Gasteiger partial charge >= 0.3 is 174 Å². The second kappa shape index (κ2) is 11.4. The molecule has 0 radical (unpaired) electrons. The molecule has 3 aromatic carbocycles. The molecule has 0 atom stereocenters. The minimum absolute atomic E-state index is 0.403. The molecule has 146 valence electrons. The van der Waals surface area contributed by atoms with Crippen molar-refractivity contribution in [3.63, 3.8) is 0 Å². The summed E-state index contributed by atoms with van der Waals surface area (Å²) in [5, 5.41) is 0. The topological polar surface area (TPSA) is 36.9 Å². The van der Waals surface area contributed by atoms with Gasteiger partial charge in [0.05, 0.1) is 0 Å². The molecular weight excluding hydrogens is 431 g/mol. The quantitative estimate of drug-likeness (QED) is 0.382. The molecule has 0 amide bonds. The van der Waals surface area contributed by atoms with E-state index in [9.17, 15) is 0 Å². The predicted molar refractivity (Wildman–Crippen MR) is 105 cm³/mol. The average Bonchev–Trinajstić information content (AvgIpc) is 2.77. The zero-order chi connectivity index (χ0) is 19.5. The van der Waals surface area contributed by atoms with Crippen LogP contribution in [0.5, 0.6) is 0 Å². The van der Waals surface area contributed by atoms with E-state index in [1.165, 1.54) is 0 Å². The normalized spacial score (nSPS) is 11.5. The molecule has 0 bridgehead atoms. The van der Waals surface area contributed by atoms with Gasteiger partial charge in [-0.05, 0) is 0 Å². The summed E-state index contributed by atoms with van der Waals surface area (Å²) in [5.74, 6) is 0. The Bertz CT molecular complexity index is 690. The SMILES string of the molecule is CC[O][Zr]([O]Cc1ccccc1)([O]Cc1ccccc1)[O]Cc1ccccc1. The van der Waals surface area contributed by atoms with Gasteiger partial charge in [0.25, 0.3) is 0 Å². The third-order valence-corrected chi connectivity index (χ3v) is 9.35. The summed E-state index contributed by atoms with van der Waals surface area (Å²) in [4.78, 5) is 0. The summed E-state index contributed by atoms with van der Waals surface area (Å²) < 4.78 is 24.8. The zero-order valence-electron chi connectivity index (χ0n) is 16.1. The van der Waals surface area contributed by atoms with Crippen molar-refractivity contribution in [2.24, 2.45) is 0 Å². The molecule has 0 unspecified atom stereocenters. The summed E-state index contributed by atoms with van der Waals surface area (Å²) >= 11 is -4.24. The second-order valence-corrected chi connectivity index (χ2v) is 11.6. The Morgan fingerprint density at radius 2 is 0.821 bits per heavy atom. The fraction of sp³-hybridized carbons (Fsp3) is 0.217. The van der Waals surface area contributed by atoms with Crippen molar-refractivity contribution in [3.8, 4) is 0 Å². The molecule has 28 heavy (non-hydrogen) atoms. The van der Waals surface area contributed by atoms with Gasteiger partial charge in [-0.15, -0.1) is 0 Å². The Hall–Kier alpha value is -1.62. The van der Waals surface area contributed by atoms with Gasteiger partial charge in [-0.1, -0.05) is 0 Å². The van der Waals surface area contributed by atoms with Crippen LogP contribution >= 0.6 is 0 Å². The van der Waals surface area contributed by atoms with Crippen LogP contribution in [0.4, 0.5) is 0 Å². The molecule has 3 aromatic rings. The molecule has 0 aliphatic rings. The van der Waals surface area contributed by atoms with E-state index < -0.39 is 22.0 Å². The summed E-state index contributed by atoms with van der Waals surface area (Å²) in [6, 6.07) is 30.1. The summed E-state index contributed by atoms with van der Waals surface area (Å²) in [6.07, 6.45) is 0. The van der Waals surface area contributed by atoms with E-state index in [1.807, 2.05) is 97.9 Å². The van der Waals surface area contributed by atoms with Crippen molar-refractivity contribution in [3.05, 3.63) is 108 Å². The molecule has 0 spiro atoms. The predicted octanol–water partition coefficient (Wildman–Crippen LogP) is 5.49. The van der Waals surface area contributed by atoms with Crippen LogP contribution in [0.25, 0.3) is 0 Å². The minimum atomic E-state index is -4.24. The van der Waals surface area contributed by atoms with Crippen LogP contribution in [0.15, 0.2) is 91.0 Å². The summed E-state index contributed by atoms with van der Waals surface area (Å²) in [7, 11) is 0. The van der Waals surface area contributed by atoms with Gasteiger partial charge in [0.2, 0.25) is 0 Å². The molecule has 5 heteroatoms. The number of hydrogen-bond acceptors (Lipinski definition) is 4. The van der Waals surface area contributed by atoms with Crippen LogP contribution in [0.3, 0.4) is 0 Å². The van der Waals surface area contributed by atoms with Gasteiger partial charge in [-0.3, -0.25) is 0 Å². The van der Waals surface area contributed by atoms with E-state index in [1.54, 1.807) is 0 Å². The van der Waals surface area contributed by atoms with E-state index in [0.29, 0.717) is 26.4 Å². The first kappa shape index (κ1) is 21.1. The van der Waals surface area contributed by atoms with Crippen molar-refractivity contribution in [2.75, 3.05) is 6.61 Å². The van der Waals surface area contributed by atoms with Crippen molar-refractivity contribution in [1.82, 2.24) is 0 Å². The third kappa shape index (κ3) is 6.77. The molecule has 0 aromatic heterocycles. The first-order valence-electron chi connectivity index (χ1n) is 9.47. The van der Waals surface area contributed by atoms with Crippen molar-refractivity contribution >= 4 is 0 Å². The fourth-order valence-corrected chi connectivity index (χ4v) is 7.30. The van der Waals surface area contributed by atoms with E-state index >= 15 is 0 Å². The van der Waals surface area contributed by atoms with E-state index in [4.69, 9.17) is 11.3 Å². The third-order valence-electron chi connectivity index (χ3n) is 4.10.